The molecular weight excluding hydrogens is 401 g/mol. The number of fused-ring (bicyclic) bond motifs is 5. The van der Waals surface area contributed by atoms with Crippen LogP contribution in [0, 0.1) is 35.4 Å². The maximum atomic E-state index is 13.0. The van der Waals surface area contributed by atoms with Gasteiger partial charge in [-0.25, -0.2) is 4.39 Å². The van der Waals surface area contributed by atoms with E-state index in [-0.39, 0.29) is 48.0 Å². The van der Waals surface area contributed by atoms with Gasteiger partial charge in [-0.3, -0.25) is 24.1 Å². The number of amides is 2. The highest BCUT2D eigenvalue weighted by atomic mass is 19.1. The molecule has 0 spiro atoms. The number of likely N-dealkylation sites (tertiary alicyclic amines) is 1. The van der Waals surface area contributed by atoms with E-state index >= 15 is 0 Å². The molecule has 7 heteroatoms. The first-order valence-electron chi connectivity index (χ1n) is 11.3. The Bertz CT molecular complexity index is 892. The van der Waals surface area contributed by atoms with Crippen molar-refractivity contribution in [2.45, 2.75) is 51.0 Å². The molecule has 6 nitrogen and oxygen atoms in total. The number of rotatable bonds is 5. The lowest BCUT2D eigenvalue weighted by Crippen LogP contribution is -2.44. The van der Waals surface area contributed by atoms with E-state index in [1.54, 1.807) is 0 Å². The third-order valence-electron chi connectivity index (χ3n) is 7.87. The van der Waals surface area contributed by atoms with Crippen molar-refractivity contribution in [3.63, 3.8) is 0 Å². The van der Waals surface area contributed by atoms with Crippen LogP contribution in [0.3, 0.4) is 0 Å². The molecule has 0 radical (unpaired) electrons. The van der Waals surface area contributed by atoms with Crippen molar-refractivity contribution in [1.29, 1.82) is 0 Å². The van der Waals surface area contributed by atoms with Gasteiger partial charge in [0, 0.05) is 11.6 Å². The summed E-state index contributed by atoms with van der Waals surface area (Å²) in [6.07, 6.45) is 5.41. The van der Waals surface area contributed by atoms with Crippen molar-refractivity contribution in [3.8, 4) is 0 Å². The molecule has 1 aromatic rings. The molecule has 0 aromatic heterocycles. The second-order valence-corrected chi connectivity index (χ2v) is 9.47. The molecule has 1 aliphatic heterocycles. The number of carbonyl (C=O) groups is 4. The van der Waals surface area contributed by atoms with Crippen LogP contribution in [-0.2, 0) is 19.1 Å². The fourth-order valence-electron chi connectivity index (χ4n) is 6.34. The Kier molecular flexibility index (Phi) is 5.15. The summed E-state index contributed by atoms with van der Waals surface area (Å²) >= 11 is 0. The van der Waals surface area contributed by atoms with E-state index in [0.29, 0.717) is 43.1 Å². The van der Waals surface area contributed by atoms with E-state index in [4.69, 9.17) is 4.74 Å². The molecule has 5 rings (SSSR count). The second kappa shape index (κ2) is 7.84. The fraction of sp³-hybridized carbons (Fsp3) is 0.583. The molecule has 4 fully saturated rings. The Balaban J connectivity index is 1.13. The highest BCUT2D eigenvalue weighted by molar-refractivity contribution is 6.06. The lowest BCUT2D eigenvalue weighted by molar-refractivity contribution is -0.149. The van der Waals surface area contributed by atoms with Crippen LogP contribution in [0.15, 0.2) is 24.3 Å². The first kappa shape index (κ1) is 20.3. The number of benzene rings is 1. The fourth-order valence-corrected chi connectivity index (χ4v) is 6.34. The van der Waals surface area contributed by atoms with Crippen LogP contribution in [0.5, 0.6) is 0 Å². The molecule has 2 bridgehead atoms. The minimum atomic E-state index is -0.434. The molecule has 4 aliphatic rings. The van der Waals surface area contributed by atoms with Gasteiger partial charge in [0.05, 0.1) is 17.8 Å². The molecule has 3 aliphatic carbocycles. The van der Waals surface area contributed by atoms with Gasteiger partial charge < -0.3 is 4.74 Å². The van der Waals surface area contributed by atoms with Crippen LogP contribution in [0.4, 0.5) is 4.39 Å². The normalized spacial score (nSPS) is 34.2. The molecule has 4 atom stereocenters. The number of carbonyl (C=O) groups excluding carboxylic acids is 4. The summed E-state index contributed by atoms with van der Waals surface area (Å²) in [5, 5.41) is 0. The molecule has 2 amide bonds. The minimum absolute atomic E-state index is 0.0121. The van der Waals surface area contributed by atoms with Crippen LogP contribution < -0.4 is 0 Å². The Labute approximate surface area is 180 Å². The topological polar surface area (TPSA) is 80.8 Å². The van der Waals surface area contributed by atoms with Gasteiger partial charge in [0.2, 0.25) is 11.8 Å². The Morgan fingerprint density at radius 3 is 2.06 bits per heavy atom. The first-order chi connectivity index (χ1) is 14.9. The van der Waals surface area contributed by atoms with E-state index in [1.165, 1.54) is 29.2 Å². The Morgan fingerprint density at radius 1 is 0.903 bits per heavy atom. The van der Waals surface area contributed by atoms with Crippen LogP contribution in [0.2, 0.25) is 0 Å². The molecule has 0 unspecified atom stereocenters. The highest BCUT2D eigenvalue weighted by Gasteiger charge is 2.61. The number of ether oxygens (including phenoxy) is 1. The SMILES string of the molecule is O=C(COC(=O)C1CCC(N2C(=O)[C@@H]3[C@H]4CC[C@@H](C4)[C@@H]3C2=O)CC1)c1ccc(F)cc1. The number of hydrogen-bond donors (Lipinski definition) is 0. The standard InChI is InChI=1S/C24H26FNO5/c25-17-7-3-13(4-8-17)19(27)12-31-24(30)14-5-9-18(10-6-14)26-22(28)20-15-1-2-16(11-15)21(20)23(26)29/h3-4,7-8,14-16,18,20-21H,1-2,5-6,9-12H2/t14?,15-,16-,18?,20-,21+/m0/s1. The maximum absolute atomic E-state index is 13.0. The van der Waals surface area contributed by atoms with Crippen molar-refractivity contribution >= 4 is 23.6 Å². The van der Waals surface area contributed by atoms with Crippen LogP contribution in [0.25, 0.3) is 0 Å². The van der Waals surface area contributed by atoms with Crippen molar-refractivity contribution < 1.29 is 28.3 Å². The van der Waals surface area contributed by atoms with E-state index in [2.05, 4.69) is 0 Å². The van der Waals surface area contributed by atoms with Crippen LogP contribution in [-0.4, -0.2) is 41.1 Å². The molecule has 3 saturated carbocycles. The zero-order valence-corrected chi connectivity index (χ0v) is 17.3. The quantitative estimate of drug-likeness (QED) is 0.410. The summed E-state index contributed by atoms with van der Waals surface area (Å²) in [5.41, 5.74) is 0.295. The summed E-state index contributed by atoms with van der Waals surface area (Å²) < 4.78 is 18.2. The first-order valence-corrected chi connectivity index (χ1v) is 11.3. The lowest BCUT2D eigenvalue weighted by atomic mass is 9.81. The third kappa shape index (κ3) is 3.48. The van der Waals surface area contributed by atoms with Gasteiger partial charge in [0.25, 0.3) is 0 Å². The van der Waals surface area contributed by atoms with Gasteiger partial charge in [0.1, 0.15) is 5.82 Å². The monoisotopic (exact) mass is 427 g/mol. The van der Waals surface area contributed by atoms with Crippen molar-refractivity contribution in [2.75, 3.05) is 6.61 Å². The lowest BCUT2D eigenvalue weighted by Gasteiger charge is -2.33. The Hall–Kier alpha value is -2.57. The van der Waals surface area contributed by atoms with Crippen molar-refractivity contribution in [2.24, 2.45) is 29.6 Å². The molecule has 1 saturated heterocycles. The largest absolute Gasteiger partial charge is 0.457 e. The Morgan fingerprint density at radius 2 is 1.48 bits per heavy atom. The van der Waals surface area contributed by atoms with Gasteiger partial charge in [-0.1, -0.05) is 0 Å². The summed E-state index contributed by atoms with van der Waals surface area (Å²) in [4.78, 5) is 52.0. The predicted octanol–water partition coefficient (Wildman–Crippen LogP) is 3.14. The number of hydrogen-bond acceptors (Lipinski definition) is 5. The molecule has 1 aromatic carbocycles. The summed E-state index contributed by atoms with van der Waals surface area (Å²) in [6.45, 7) is -0.375. The van der Waals surface area contributed by atoms with Gasteiger partial charge in [-0.15, -0.1) is 0 Å². The average Bonchev–Trinajstić information content (AvgIpc) is 3.46. The molecule has 1 heterocycles. The van der Waals surface area contributed by atoms with Gasteiger partial charge in [-0.2, -0.15) is 0 Å². The number of esters is 1. The second-order valence-electron chi connectivity index (χ2n) is 9.47. The van der Waals surface area contributed by atoms with Crippen LogP contribution >= 0.6 is 0 Å². The molecular formula is C24H26FNO5. The summed E-state index contributed by atoms with van der Waals surface area (Å²) in [5.74, 6) is -1.01. The van der Waals surface area contributed by atoms with E-state index in [0.717, 1.165) is 19.3 Å². The zero-order valence-electron chi connectivity index (χ0n) is 17.3. The van der Waals surface area contributed by atoms with Crippen molar-refractivity contribution in [3.05, 3.63) is 35.6 Å². The molecule has 164 valence electrons. The smallest absolute Gasteiger partial charge is 0.309 e. The number of halogens is 1. The van der Waals surface area contributed by atoms with Gasteiger partial charge in [0.15, 0.2) is 12.4 Å². The number of imide groups is 1. The predicted molar refractivity (Wildman–Crippen MR) is 107 cm³/mol. The summed E-state index contributed by atoms with van der Waals surface area (Å²) in [6, 6.07) is 4.98. The average molecular weight is 427 g/mol. The van der Waals surface area contributed by atoms with E-state index < -0.39 is 11.8 Å². The van der Waals surface area contributed by atoms with Gasteiger partial charge >= 0.3 is 5.97 Å². The van der Waals surface area contributed by atoms with E-state index in [9.17, 15) is 23.6 Å². The van der Waals surface area contributed by atoms with Gasteiger partial charge in [-0.05, 0) is 81.0 Å². The number of ketones is 1. The zero-order chi connectivity index (χ0) is 21.7. The summed E-state index contributed by atoms with van der Waals surface area (Å²) in [7, 11) is 0. The van der Waals surface area contributed by atoms with Crippen molar-refractivity contribution in [1.82, 2.24) is 4.90 Å². The van der Waals surface area contributed by atoms with E-state index in [1.807, 2.05) is 0 Å². The molecule has 0 N–H and O–H groups in total. The highest BCUT2D eigenvalue weighted by Crippen LogP contribution is 2.56. The number of nitrogens with zero attached hydrogens (tertiary/aromatic N) is 1. The third-order valence-corrected chi connectivity index (χ3v) is 7.87. The van der Waals surface area contributed by atoms with Crippen LogP contribution in [0.1, 0.15) is 55.3 Å². The molecule has 31 heavy (non-hydrogen) atoms. The maximum Gasteiger partial charge on any atom is 0.309 e. The minimum Gasteiger partial charge on any atom is -0.457 e. The number of Topliss-reactive ketones (excluding diaryl/α,β-unsaturated/α-hetero) is 1.